The van der Waals surface area contributed by atoms with Gasteiger partial charge in [-0.2, -0.15) is 4.31 Å². The molecule has 1 heterocycles. The zero-order valence-electron chi connectivity index (χ0n) is 15.8. The number of piperidine rings is 1. The third kappa shape index (κ3) is 4.18. The highest BCUT2D eigenvalue weighted by Gasteiger charge is 2.34. The molecule has 1 atom stereocenters. The number of hydrogen-bond acceptors (Lipinski definition) is 4. The number of carbonyl (C=O) groups is 1. The van der Waals surface area contributed by atoms with Gasteiger partial charge in [0, 0.05) is 25.8 Å². The Morgan fingerprint density at radius 3 is 2.39 bits per heavy atom. The maximum atomic E-state index is 13.1. The summed E-state index contributed by atoms with van der Waals surface area (Å²) in [6, 6.07) is 11.8. The average Bonchev–Trinajstić information content (AvgIpc) is 2.73. The van der Waals surface area contributed by atoms with E-state index in [0.717, 1.165) is 0 Å². The molecule has 0 N–H and O–H groups in total. The molecule has 150 valence electrons. The number of rotatable bonds is 5. The molecular formula is C20H23FN2O4S. The lowest BCUT2D eigenvalue weighted by molar-refractivity contribution is -0.123. The predicted octanol–water partition coefficient (Wildman–Crippen LogP) is 2.90. The summed E-state index contributed by atoms with van der Waals surface area (Å²) >= 11 is 0. The minimum absolute atomic E-state index is 0.124. The Labute approximate surface area is 164 Å². The van der Waals surface area contributed by atoms with Crippen LogP contribution in [0.25, 0.3) is 0 Å². The van der Waals surface area contributed by atoms with Gasteiger partial charge in [-0.15, -0.1) is 0 Å². The van der Waals surface area contributed by atoms with Crippen LogP contribution in [-0.4, -0.2) is 45.9 Å². The molecule has 2 aromatic rings. The Bertz CT molecular complexity index is 930. The van der Waals surface area contributed by atoms with Gasteiger partial charge in [0.25, 0.3) is 0 Å². The largest absolute Gasteiger partial charge is 0.497 e. The van der Waals surface area contributed by atoms with E-state index < -0.39 is 15.9 Å². The van der Waals surface area contributed by atoms with Gasteiger partial charge in [-0.3, -0.25) is 4.79 Å². The Morgan fingerprint density at radius 2 is 1.79 bits per heavy atom. The first-order valence-electron chi connectivity index (χ1n) is 9.00. The van der Waals surface area contributed by atoms with Crippen molar-refractivity contribution < 1.29 is 22.3 Å². The zero-order chi connectivity index (χ0) is 20.3. The van der Waals surface area contributed by atoms with E-state index in [1.807, 2.05) is 0 Å². The number of hydrogen-bond donors (Lipinski definition) is 0. The van der Waals surface area contributed by atoms with Gasteiger partial charge in [0.2, 0.25) is 15.9 Å². The van der Waals surface area contributed by atoms with E-state index in [1.54, 1.807) is 19.2 Å². The Balaban J connectivity index is 1.75. The number of ether oxygens (including phenoxy) is 1. The first-order chi connectivity index (χ1) is 13.3. The molecule has 2 aromatic carbocycles. The van der Waals surface area contributed by atoms with E-state index in [9.17, 15) is 17.6 Å². The smallest absolute Gasteiger partial charge is 0.243 e. The molecule has 6 nitrogen and oxygen atoms in total. The van der Waals surface area contributed by atoms with E-state index in [2.05, 4.69) is 0 Å². The van der Waals surface area contributed by atoms with Gasteiger partial charge < -0.3 is 9.64 Å². The number of benzene rings is 2. The Hall–Kier alpha value is -2.45. The van der Waals surface area contributed by atoms with Gasteiger partial charge in [-0.05, 0) is 61.4 Å². The molecule has 0 radical (unpaired) electrons. The summed E-state index contributed by atoms with van der Waals surface area (Å²) in [7, 11) is -0.559. The van der Waals surface area contributed by atoms with Crippen LogP contribution >= 0.6 is 0 Å². The minimum Gasteiger partial charge on any atom is -0.497 e. The number of halogens is 1. The van der Waals surface area contributed by atoms with Gasteiger partial charge >= 0.3 is 0 Å². The second-order valence-electron chi connectivity index (χ2n) is 6.75. The van der Waals surface area contributed by atoms with Crippen molar-refractivity contribution in [2.24, 2.45) is 5.92 Å². The van der Waals surface area contributed by atoms with E-state index in [-0.39, 0.29) is 23.2 Å². The molecule has 1 amide bonds. The summed E-state index contributed by atoms with van der Waals surface area (Å²) in [6.07, 6.45) is 1.21. The van der Waals surface area contributed by atoms with Crippen LogP contribution in [0.5, 0.6) is 5.75 Å². The molecular weight excluding hydrogens is 383 g/mol. The minimum atomic E-state index is -3.69. The number of amides is 1. The van der Waals surface area contributed by atoms with Crippen LogP contribution in [0, 0.1) is 11.7 Å². The first kappa shape index (κ1) is 20.3. The molecule has 1 aliphatic rings. The van der Waals surface area contributed by atoms with Crippen LogP contribution in [0.15, 0.2) is 53.4 Å². The van der Waals surface area contributed by atoms with E-state index >= 15 is 0 Å². The van der Waals surface area contributed by atoms with Crippen molar-refractivity contribution in [3.8, 4) is 5.75 Å². The van der Waals surface area contributed by atoms with Crippen LogP contribution < -0.4 is 9.64 Å². The Morgan fingerprint density at radius 1 is 1.14 bits per heavy atom. The van der Waals surface area contributed by atoms with Crippen molar-refractivity contribution in [2.75, 3.05) is 32.1 Å². The summed E-state index contributed by atoms with van der Waals surface area (Å²) in [5.74, 6) is -0.427. The van der Waals surface area contributed by atoms with Gasteiger partial charge in [-0.1, -0.05) is 0 Å². The molecule has 0 aromatic heterocycles. The lowest BCUT2D eigenvalue weighted by Crippen LogP contribution is -2.45. The van der Waals surface area contributed by atoms with E-state index in [1.165, 1.54) is 52.7 Å². The number of carbonyl (C=O) groups excluding carboxylic acids is 1. The quantitative estimate of drug-likeness (QED) is 0.766. The maximum absolute atomic E-state index is 13.1. The van der Waals surface area contributed by atoms with Crippen LogP contribution in [0.2, 0.25) is 0 Å². The number of sulfonamides is 1. The molecule has 0 saturated carbocycles. The molecule has 1 aliphatic heterocycles. The molecule has 28 heavy (non-hydrogen) atoms. The van der Waals surface area contributed by atoms with Gasteiger partial charge in [0.15, 0.2) is 0 Å². The number of nitrogens with zero attached hydrogens (tertiary/aromatic N) is 2. The average molecular weight is 406 g/mol. The fraction of sp³-hybridized carbons (Fsp3) is 0.350. The summed E-state index contributed by atoms with van der Waals surface area (Å²) in [6.45, 7) is 0.497. The first-order valence-corrected chi connectivity index (χ1v) is 10.4. The molecule has 8 heteroatoms. The fourth-order valence-corrected chi connectivity index (χ4v) is 4.85. The second kappa shape index (κ2) is 8.28. The van der Waals surface area contributed by atoms with Crippen LogP contribution in [0.1, 0.15) is 12.8 Å². The highest BCUT2D eigenvalue weighted by atomic mass is 32.2. The van der Waals surface area contributed by atoms with Crippen molar-refractivity contribution in [3.63, 3.8) is 0 Å². The topological polar surface area (TPSA) is 66.9 Å². The summed E-state index contributed by atoms with van der Waals surface area (Å²) in [5.41, 5.74) is 0.571. The van der Waals surface area contributed by atoms with Gasteiger partial charge in [-0.25, -0.2) is 12.8 Å². The van der Waals surface area contributed by atoms with Crippen molar-refractivity contribution in [1.82, 2.24) is 4.31 Å². The third-order valence-electron chi connectivity index (χ3n) is 4.98. The van der Waals surface area contributed by atoms with Gasteiger partial charge in [0.1, 0.15) is 11.6 Å². The normalized spacial score (nSPS) is 17.9. The lowest BCUT2D eigenvalue weighted by Gasteiger charge is -2.33. The summed E-state index contributed by atoms with van der Waals surface area (Å²) in [4.78, 5) is 14.5. The van der Waals surface area contributed by atoms with Crippen molar-refractivity contribution in [3.05, 3.63) is 54.3 Å². The maximum Gasteiger partial charge on any atom is 0.243 e. The Kier molecular flexibility index (Phi) is 6.00. The van der Waals surface area contributed by atoms with Crippen LogP contribution in [0.3, 0.4) is 0 Å². The molecule has 0 spiro atoms. The molecule has 1 saturated heterocycles. The van der Waals surface area contributed by atoms with E-state index in [0.29, 0.717) is 30.8 Å². The summed E-state index contributed by atoms with van der Waals surface area (Å²) < 4.78 is 45.4. The molecule has 0 aliphatic carbocycles. The van der Waals surface area contributed by atoms with Crippen molar-refractivity contribution in [2.45, 2.75) is 17.7 Å². The number of anilines is 1. The standard InChI is InChI=1S/C20H23FN2O4S/c1-22(17-7-5-16(21)6-8-17)20(24)15-4-3-13-23(14-15)28(25,26)19-11-9-18(27-2)10-12-19/h5-12,15H,3-4,13-14H2,1-2H3. The zero-order valence-corrected chi connectivity index (χ0v) is 16.7. The highest BCUT2D eigenvalue weighted by molar-refractivity contribution is 7.89. The summed E-state index contributed by atoms with van der Waals surface area (Å²) in [5, 5.41) is 0. The second-order valence-corrected chi connectivity index (χ2v) is 8.69. The highest BCUT2D eigenvalue weighted by Crippen LogP contribution is 2.27. The SMILES string of the molecule is COc1ccc(S(=O)(=O)N2CCCC(C(=O)N(C)c3ccc(F)cc3)C2)cc1. The van der Waals surface area contributed by atoms with Crippen LogP contribution in [-0.2, 0) is 14.8 Å². The molecule has 1 fully saturated rings. The van der Waals surface area contributed by atoms with E-state index in [4.69, 9.17) is 4.74 Å². The monoisotopic (exact) mass is 406 g/mol. The third-order valence-corrected chi connectivity index (χ3v) is 6.85. The lowest BCUT2D eigenvalue weighted by atomic mass is 9.98. The van der Waals surface area contributed by atoms with Crippen LogP contribution in [0.4, 0.5) is 10.1 Å². The van der Waals surface area contributed by atoms with Crippen molar-refractivity contribution in [1.29, 1.82) is 0 Å². The molecule has 3 rings (SSSR count). The molecule has 1 unspecified atom stereocenters. The molecule has 0 bridgehead atoms. The number of methoxy groups -OCH3 is 1. The van der Waals surface area contributed by atoms with Gasteiger partial charge in [0.05, 0.1) is 17.9 Å². The fourth-order valence-electron chi connectivity index (χ4n) is 3.32. The predicted molar refractivity (Wildman–Crippen MR) is 104 cm³/mol. The van der Waals surface area contributed by atoms with Crippen molar-refractivity contribution >= 4 is 21.6 Å².